The Hall–Kier alpha value is -1.79. The largest absolute Gasteiger partial charge is 0.480 e. The number of nitrogens with zero attached hydrogens (tertiary/aromatic N) is 1. The Labute approximate surface area is 100 Å². The second-order valence-corrected chi connectivity index (χ2v) is 3.71. The van der Waals surface area contributed by atoms with E-state index in [0.29, 0.717) is 6.54 Å². The highest BCUT2D eigenvalue weighted by Crippen LogP contribution is 1.97. The normalized spacial score (nSPS) is 9.88. The summed E-state index contributed by atoms with van der Waals surface area (Å²) in [7, 11) is 0. The van der Waals surface area contributed by atoms with Crippen molar-refractivity contribution in [1.82, 2.24) is 15.5 Å². The predicted molar refractivity (Wildman–Crippen MR) is 61.6 cm³/mol. The quantitative estimate of drug-likeness (QED) is 0.594. The number of carbonyl (C=O) groups is 3. The monoisotopic (exact) mass is 245 g/mol. The van der Waals surface area contributed by atoms with Gasteiger partial charge < -0.3 is 20.6 Å². The Kier molecular flexibility index (Phi) is 6.69. The number of rotatable bonds is 6. The highest BCUT2D eigenvalue weighted by molar-refractivity contribution is 5.86. The van der Waals surface area contributed by atoms with E-state index in [0.717, 1.165) is 0 Å². The minimum absolute atomic E-state index is 0.0436. The van der Waals surface area contributed by atoms with Gasteiger partial charge in [-0.1, -0.05) is 0 Å². The maximum absolute atomic E-state index is 11.6. The van der Waals surface area contributed by atoms with Crippen LogP contribution in [0.5, 0.6) is 0 Å². The summed E-state index contributed by atoms with van der Waals surface area (Å²) in [6.07, 6.45) is 0. The van der Waals surface area contributed by atoms with Gasteiger partial charge in [-0.3, -0.25) is 9.59 Å². The highest BCUT2D eigenvalue weighted by atomic mass is 16.4. The van der Waals surface area contributed by atoms with E-state index in [9.17, 15) is 14.4 Å². The van der Waals surface area contributed by atoms with E-state index in [1.54, 1.807) is 4.90 Å². The smallest absolute Gasteiger partial charge is 0.322 e. The molecule has 0 aliphatic carbocycles. The molecule has 0 unspecified atom stereocenters. The van der Waals surface area contributed by atoms with Gasteiger partial charge in [-0.25, -0.2) is 4.79 Å². The van der Waals surface area contributed by atoms with Crippen molar-refractivity contribution in [1.29, 1.82) is 0 Å². The lowest BCUT2D eigenvalue weighted by Gasteiger charge is -2.25. The summed E-state index contributed by atoms with van der Waals surface area (Å²) in [4.78, 5) is 34.4. The van der Waals surface area contributed by atoms with E-state index in [1.807, 2.05) is 20.8 Å². The number of carboxylic acids is 1. The zero-order valence-electron chi connectivity index (χ0n) is 10.3. The average molecular weight is 245 g/mol. The minimum Gasteiger partial charge on any atom is -0.480 e. The Morgan fingerprint density at radius 1 is 1.18 bits per heavy atom. The average Bonchev–Trinajstić information content (AvgIpc) is 2.23. The summed E-state index contributed by atoms with van der Waals surface area (Å²) in [6.45, 7) is 5.44. The molecule has 0 aromatic carbocycles. The number of hydrogen-bond acceptors (Lipinski definition) is 3. The second-order valence-electron chi connectivity index (χ2n) is 3.71. The molecule has 3 N–H and O–H groups in total. The molecule has 0 aromatic rings. The van der Waals surface area contributed by atoms with Crippen LogP contribution in [0.2, 0.25) is 0 Å². The van der Waals surface area contributed by atoms with Crippen LogP contribution >= 0.6 is 0 Å². The van der Waals surface area contributed by atoms with Gasteiger partial charge in [-0.05, 0) is 20.8 Å². The van der Waals surface area contributed by atoms with Crippen molar-refractivity contribution in [2.75, 3.05) is 19.6 Å². The van der Waals surface area contributed by atoms with E-state index < -0.39 is 18.4 Å². The van der Waals surface area contributed by atoms with Gasteiger partial charge >= 0.3 is 12.0 Å². The second kappa shape index (κ2) is 7.48. The first-order valence-electron chi connectivity index (χ1n) is 5.41. The van der Waals surface area contributed by atoms with Crippen molar-refractivity contribution in [3.8, 4) is 0 Å². The molecule has 0 radical (unpaired) electrons. The summed E-state index contributed by atoms with van der Waals surface area (Å²) in [6, 6.07) is -0.296. The molecular weight excluding hydrogens is 226 g/mol. The number of urea groups is 1. The summed E-state index contributed by atoms with van der Waals surface area (Å²) in [5.74, 6) is -1.65. The Balaban J connectivity index is 3.98. The van der Waals surface area contributed by atoms with Crippen LogP contribution in [0.4, 0.5) is 4.79 Å². The van der Waals surface area contributed by atoms with Gasteiger partial charge in [0, 0.05) is 12.6 Å². The third-order valence-corrected chi connectivity index (χ3v) is 2.06. The Bertz CT molecular complexity index is 291. The lowest BCUT2D eigenvalue weighted by molar-refractivity contribution is -0.137. The fraction of sp³-hybridized carbons (Fsp3) is 0.700. The molecule has 0 rings (SSSR count). The summed E-state index contributed by atoms with van der Waals surface area (Å²) in [5, 5.41) is 12.9. The fourth-order valence-electron chi connectivity index (χ4n) is 1.24. The number of amides is 3. The van der Waals surface area contributed by atoms with Crippen molar-refractivity contribution in [2.24, 2.45) is 0 Å². The lowest BCUT2D eigenvalue weighted by atomic mass is 10.3. The number of carbonyl (C=O) groups excluding carboxylic acids is 2. The van der Waals surface area contributed by atoms with Gasteiger partial charge in [-0.15, -0.1) is 0 Å². The van der Waals surface area contributed by atoms with Crippen molar-refractivity contribution in [2.45, 2.75) is 26.8 Å². The lowest BCUT2D eigenvalue weighted by Crippen LogP contribution is -2.47. The first-order valence-corrected chi connectivity index (χ1v) is 5.41. The van der Waals surface area contributed by atoms with Crippen molar-refractivity contribution in [3.05, 3.63) is 0 Å². The van der Waals surface area contributed by atoms with Crippen LogP contribution in [0.15, 0.2) is 0 Å². The molecule has 0 aromatic heterocycles. The zero-order valence-corrected chi connectivity index (χ0v) is 10.3. The standard InChI is InChI=1S/C10H19N3O4/c1-4-13(7(2)3)10(17)12-5-8(14)11-6-9(15)16/h7H,4-6H2,1-3H3,(H,11,14)(H,12,17)(H,15,16). The summed E-state index contributed by atoms with van der Waals surface area (Å²) >= 11 is 0. The topological polar surface area (TPSA) is 98.7 Å². The van der Waals surface area contributed by atoms with Gasteiger partial charge in [0.05, 0.1) is 6.54 Å². The molecule has 98 valence electrons. The van der Waals surface area contributed by atoms with Gasteiger partial charge in [0.1, 0.15) is 6.54 Å². The Morgan fingerprint density at radius 2 is 1.76 bits per heavy atom. The first-order chi connectivity index (χ1) is 7.88. The van der Waals surface area contributed by atoms with E-state index in [1.165, 1.54) is 0 Å². The molecule has 0 bridgehead atoms. The van der Waals surface area contributed by atoms with E-state index in [4.69, 9.17) is 5.11 Å². The van der Waals surface area contributed by atoms with Crippen LogP contribution in [-0.2, 0) is 9.59 Å². The third kappa shape index (κ3) is 6.39. The van der Waals surface area contributed by atoms with Gasteiger partial charge in [0.25, 0.3) is 0 Å². The van der Waals surface area contributed by atoms with Gasteiger partial charge in [0.2, 0.25) is 5.91 Å². The number of nitrogens with one attached hydrogen (secondary N) is 2. The van der Waals surface area contributed by atoms with Crippen molar-refractivity contribution >= 4 is 17.9 Å². The van der Waals surface area contributed by atoms with E-state index in [2.05, 4.69) is 10.6 Å². The molecule has 0 aliphatic heterocycles. The maximum Gasteiger partial charge on any atom is 0.322 e. The molecule has 7 heteroatoms. The Morgan fingerprint density at radius 3 is 2.18 bits per heavy atom. The van der Waals surface area contributed by atoms with Gasteiger partial charge in [0.15, 0.2) is 0 Å². The zero-order chi connectivity index (χ0) is 13.4. The molecule has 0 fully saturated rings. The molecule has 0 saturated heterocycles. The predicted octanol–water partition coefficient (Wildman–Crippen LogP) is -0.373. The first kappa shape index (κ1) is 15.2. The number of aliphatic carboxylic acids is 1. The van der Waals surface area contributed by atoms with E-state index in [-0.39, 0.29) is 18.6 Å². The SMILES string of the molecule is CCN(C(=O)NCC(=O)NCC(=O)O)C(C)C. The minimum atomic E-state index is -1.12. The van der Waals surface area contributed by atoms with Crippen LogP contribution in [0.1, 0.15) is 20.8 Å². The molecule has 3 amide bonds. The van der Waals surface area contributed by atoms with Crippen LogP contribution in [0.25, 0.3) is 0 Å². The molecule has 17 heavy (non-hydrogen) atoms. The van der Waals surface area contributed by atoms with E-state index >= 15 is 0 Å². The summed E-state index contributed by atoms with van der Waals surface area (Å²) < 4.78 is 0. The highest BCUT2D eigenvalue weighted by Gasteiger charge is 2.15. The molecule has 0 saturated carbocycles. The van der Waals surface area contributed by atoms with Crippen LogP contribution < -0.4 is 10.6 Å². The van der Waals surface area contributed by atoms with Crippen LogP contribution in [-0.4, -0.2) is 53.6 Å². The van der Waals surface area contributed by atoms with Crippen molar-refractivity contribution in [3.63, 3.8) is 0 Å². The molecule has 0 atom stereocenters. The molecule has 0 spiro atoms. The third-order valence-electron chi connectivity index (χ3n) is 2.06. The number of hydrogen-bond donors (Lipinski definition) is 3. The van der Waals surface area contributed by atoms with Gasteiger partial charge in [-0.2, -0.15) is 0 Å². The molecule has 7 nitrogen and oxygen atoms in total. The van der Waals surface area contributed by atoms with Crippen molar-refractivity contribution < 1.29 is 19.5 Å². The number of carboxylic acid groups (broad SMARTS) is 1. The fourth-order valence-corrected chi connectivity index (χ4v) is 1.24. The van der Waals surface area contributed by atoms with Crippen LogP contribution in [0.3, 0.4) is 0 Å². The molecule has 0 aliphatic rings. The maximum atomic E-state index is 11.6. The molecule has 0 heterocycles. The molecular formula is C10H19N3O4. The van der Waals surface area contributed by atoms with Crippen LogP contribution in [0, 0.1) is 0 Å². The summed E-state index contributed by atoms with van der Waals surface area (Å²) in [5.41, 5.74) is 0.